The van der Waals surface area contributed by atoms with E-state index in [0.717, 1.165) is 25.7 Å². The minimum absolute atomic E-state index is 0.0993. The molecule has 1 aliphatic rings. The number of carbonyl (C=O) groups is 1. The summed E-state index contributed by atoms with van der Waals surface area (Å²) in [6.07, 6.45) is 5.66. The summed E-state index contributed by atoms with van der Waals surface area (Å²) in [4.78, 5) is 21.5. The van der Waals surface area contributed by atoms with Gasteiger partial charge in [-0.1, -0.05) is 12.8 Å². The van der Waals surface area contributed by atoms with Crippen molar-refractivity contribution >= 4 is 17.5 Å². The molecule has 0 atom stereocenters. The molecule has 0 bridgehead atoms. The van der Waals surface area contributed by atoms with Gasteiger partial charge in [0.05, 0.1) is 13.7 Å². The molecule has 1 aliphatic carbocycles. The van der Waals surface area contributed by atoms with E-state index in [-0.39, 0.29) is 12.6 Å². The van der Waals surface area contributed by atoms with Crippen LogP contribution in [0.2, 0.25) is 0 Å². The molecule has 20 heavy (non-hydrogen) atoms. The van der Waals surface area contributed by atoms with E-state index in [9.17, 15) is 4.79 Å². The fraction of sp³-hybridized carbons (Fsp3) is 0.583. The van der Waals surface area contributed by atoms with E-state index in [4.69, 9.17) is 16.3 Å². The molecule has 0 radical (unpaired) electrons. The number of ether oxygens (including phenoxy) is 1. The smallest absolute Gasteiger partial charge is 0.237 e. The Morgan fingerprint density at radius 3 is 2.75 bits per heavy atom. The summed E-state index contributed by atoms with van der Waals surface area (Å²) in [5.74, 6) is 6.36. The summed E-state index contributed by atoms with van der Waals surface area (Å²) < 4.78 is 5.33. The van der Waals surface area contributed by atoms with E-state index in [1.165, 1.54) is 13.4 Å². The molecular formula is C12H20N6O2. The standard InChI is InChI=1S/C12H20N6O2/c1-20-10-11(17-14)15-7-16-12(10)18(6-9(13)19)8-4-2-3-5-8/h7-8H,2-6,14H2,1H3,(H2,13,19)(H,15,16,17). The Balaban J connectivity index is 2.39. The number of aromatic nitrogens is 2. The highest BCUT2D eigenvalue weighted by Gasteiger charge is 2.28. The Kier molecular flexibility index (Phi) is 4.57. The highest BCUT2D eigenvalue weighted by atomic mass is 16.5. The van der Waals surface area contributed by atoms with Gasteiger partial charge in [0.2, 0.25) is 11.7 Å². The predicted octanol–water partition coefficient (Wildman–Crippen LogP) is 0.00510. The maximum atomic E-state index is 11.3. The zero-order chi connectivity index (χ0) is 14.5. The van der Waals surface area contributed by atoms with Crippen molar-refractivity contribution in [3.8, 4) is 5.75 Å². The first kappa shape index (κ1) is 14.3. The van der Waals surface area contributed by atoms with Crippen molar-refractivity contribution in [2.75, 3.05) is 24.0 Å². The second-order valence-electron chi connectivity index (χ2n) is 4.76. The number of hydrazine groups is 1. The number of nitrogens with zero attached hydrogens (tertiary/aromatic N) is 3. The molecule has 1 saturated carbocycles. The molecule has 1 aromatic heterocycles. The van der Waals surface area contributed by atoms with E-state index in [2.05, 4.69) is 15.4 Å². The topological polar surface area (TPSA) is 119 Å². The van der Waals surface area contributed by atoms with Gasteiger partial charge in [0.1, 0.15) is 6.33 Å². The molecule has 0 unspecified atom stereocenters. The number of nitrogens with one attached hydrogen (secondary N) is 1. The van der Waals surface area contributed by atoms with E-state index >= 15 is 0 Å². The Morgan fingerprint density at radius 1 is 1.50 bits per heavy atom. The van der Waals surface area contributed by atoms with Crippen molar-refractivity contribution in [3.63, 3.8) is 0 Å². The molecule has 8 nitrogen and oxygen atoms in total. The molecule has 1 heterocycles. The van der Waals surface area contributed by atoms with Crippen LogP contribution >= 0.6 is 0 Å². The number of anilines is 2. The number of rotatable bonds is 6. The number of hydrogen-bond donors (Lipinski definition) is 3. The molecule has 1 fully saturated rings. The Bertz CT molecular complexity index is 475. The van der Waals surface area contributed by atoms with Crippen LogP contribution in [-0.2, 0) is 4.79 Å². The van der Waals surface area contributed by atoms with Gasteiger partial charge < -0.3 is 20.8 Å². The molecule has 1 amide bonds. The van der Waals surface area contributed by atoms with Crippen LogP contribution in [0.5, 0.6) is 5.75 Å². The SMILES string of the molecule is COc1c(NN)ncnc1N(CC(N)=O)C1CCCC1. The molecule has 1 aromatic rings. The number of nitrogen functional groups attached to an aromatic ring is 1. The third kappa shape index (κ3) is 2.90. The van der Waals surface area contributed by atoms with Gasteiger partial charge in [-0.05, 0) is 12.8 Å². The number of carbonyl (C=O) groups excluding carboxylic acids is 1. The second kappa shape index (κ2) is 6.38. The molecule has 8 heteroatoms. The minimum atomic E-state index is -0.403. The lowest BCUT2D eigenvalue weighted by molar-refractivity contribution is -0.116. The summed E-state index contributed by atoms with van der Waals surface area (Å²) in [6, 6.07) is 0.233. The lowest BCUT2D eigenvalue weighted by atomic mass is 10.2. The summed E-state index contributed by atoms with van der Waals surface area (Å²) in [7, 11) is 1.51. The largest absolute Gasteiger partial charge is 0.490 e. The number of methoxy groups -OCH3 is 1. The number of hydrogen-bond acceptors (Lipinski definition) is 7. The average molecular weight is 280 g/mol. The molecule has 0 aliphatic heterocycles. The molecule has 5 N–H and O–H groups in total. The number of primary amides is 1. The number of nitrogens with two attached hydrogens (primary N) is 2. The molecule has 0 aromatic carbocycles. The van der Waals surface area contributed by atoms with Gasteiger partial charge in [0.15, 0.2) is 11.6 Å². The van der Waals surface area contributed by atoms with Crippen molar-refractivity contribution < 1.29 is 9.53 Å². The maximum absolute atomic E-state index is 11.3. The van der Waals surface area contributed by atoms with Gasteiger partial charge in [0.25, 0.3) is 0 Å². The van der Waals surface area contributed by atoms with E-state index < -0.39 is 5.91 Å². The van der Waals surface area contributed by atoms with Crippen molar-refractivity contribution in [2.45, 2.75) is 31.7 Å². The maximum Gasteiger partial charge on any atom is 0.237 e. The Labute approximate surface area is 117 Å². The van der Waals surface area contributed by atoms with Crippen molar-refractivity contribution in [1.82, 2.24) is 9.97 Å². The average Bonchev–Trinajstić information content (AvgIpc) is 2.97. The summed E-state index contributed by atoms with van der Waals surface area (Å²) in [5, 5.41) is 0. The zero-order valence-corrected chi connectivity index (χ0v) is 11.5. The van der Waals surface area contributed by atoms with Crippen LogP contribution < -0.4 is 26.6 Å². The normalized spacial score (nSPS) is 15.1. The van der Waals surface area contributed by atoms with Crippen LogP contribution in [0.1, 0.15) is 25.7 Å². The fourth-order valence-corrected chi connectivity index (χ4v) is 2.62. The highest BCUT2D eigenvalue weighted by Crippen LogP contribution is 2.35. The van der Waals surface area contributed by atoms with Gasteiger partial charge in [-0.25, -0.2) is 15.8 Å². The van der Waals surface area contributed by atoms with E-state index in [1.54, 1.807) is 0 Å². The second-order valence-corrected chi connectivity index (χ2v) is 4.76. The van der Waals surface area contributed by atoms with E-state index in [0.29, 0.717) is 17.4 Å². The number of amides is 1. The highest BCUT2D eigenvalue weighted by molar-refractivity contribution is 5.80. The molecular weight excluding hydrogens is 260 g/mol. The van der Waals surface area contributed by atoms with Crippen molar-refractivity contribution in [3.05, 3.63) is 6.33 Å². The third-order valence-electron chi connectivity index (χ3n) is 3.49. The fourth-order valence-electron chi connectivity index (χ4n) is 2.62. The summed E-state index contributed by atoms with van der Waals surface area (Å²) in [5.41, 5.74) is 7.82. The van der Waals surface area contributed by atoms with Crippen LogP contribution in [-0.4, -0.2) is 35.6 Å². The van der Waals surface area contributed by atoms with Gasteiger partial charge in [0, 0.05) is 6.04 Å². The van der Waals surface area contributed by atoms with Crippen LogP contribution in [0.4, 0.5) is 11.6 Å². The van der Waals surface area contributed by atoms with Crippen LogP contribution in [0.15, 0.2) is 6.33 Å². The third-order valence-corrected chi connectivity index (χ3v) is 3.49. The van der Waals surface area contributed by atoms with Gasteiger partial charge in [-0.2, -0.15) is 0 Å². The van der Waals surface area contributed by atoms with Crippen molar-refractivity contribution in [2.24, 2.45) is 11.6 Å². The van der Waals surface area contributed by atoms with Crippen LogP contribution in [0, 0.1) is 0 Å². The Morgan fingerprint density at radius 2 is 2.20 bits per heavy atom. The first-order chi connectivity index (χ1) is 9.67. The van der Waals surface area contributed by atoms with Crippen LogP contribution in [0.25, 0.3) is 0 Å². The minimum Gasteiger partial charge on any atom is -0.490 e. The molecule has 0 spiro atoms. The monoisotopic (exact) mass is 280 g/mol. The molecule has 0 saturated heterocycles. The summed E-state index contributed by atoms with van der Waals surface area (Å²) in [6.45, 7) is 0.0993. The summed E-state index contributed by atoms with van der Waals surface area (Å²) >= 11 is 0. The molecule has 2 rings (SSSR count). The van der Waals surface area contributed by atoms with Crippen molar-refractivity contribution in [1.29, 1.82) is 0 Å². The lowest BCUT2D eigenvalue weighted by Gasteiger charge is -2.30. The van der Waals surface area contributed by atoms with Gasteiger partial charge in [-0.15, -0.1) is 0 Å². The van der Waals surface area contributed by atoms with E-state index in [1.807, 2.05) is 4.90 Å². The predicted molar refractivity (Wildman–Crippen MR) is 75.2 cm³/mol. The Hall–Kier alpha value is -2.09. The van der Waals surface area contributed by atoms with Gasteiger partial charge >= 0.3 is 0 Å². The molecule has 110 valence electrons. The van der Waals surface area contributed by atoms with Crippen LogP contribution in [0.3, 0.4) is 0 Å². The lowest BCUT2D eigenvalue weighted by Crippen LogP contribution is -2.41. The quantitative estimate of drug-likeness (QED) is 0.495. The first-order valence-corrected chi connectivity index (χ1v) is 6.58. The first-order valence-electron chi connectivity index (χ1n) is 6.58. The van der Waals surface area contributed by atoms with Gasteiger partial charge in [-0.3, -0.25) is 4.79 Å². The zero-order valence-electron chi connectivity index (χ0n) is 11.5.